The summed E-state index contributed by atoms with van der Waals surface area (Å²) in [5.74, 6) is 0. The van der Waals surface area contributed by atoms with Crippen LogP contribution in [0.25, 0.3) is 0 Å². The third-order valence-electron chi connectivity index (χ3n) is 1.78. The summed E-state index contributed by atoms with van der Waals surface area (Å²) in [7, 11) is 0. The molecule has 0 saturated heterocycles. The smallest absolute Gasteiger partial charge is 0.0438 e. The molecule has 0 aliphatic carbocycles. The minimum Gasteiger partial charge on any atom is -0.0840 e. The molecule has 1 heteroatoms. The van der Waals surface area contributed by atoms with Crippen LogP contribution in [-0.4, -0.2) is 0 Å². The zero-order valence-electron chi connectivity index (χ0n) is 6.73. The molecule has 0 N–H and O–H groups in total. The maximum absolute atomic E-state index is 5.93. The van der Waals surface area contributed by atoms with Crippen molar-refractivity contribution in [3.05, 3.63) is 41.3 Å². The molecule has 1 aromatic carbocycles. The molecule has 0 aromatic heterocycles. The summed E-state index contributed by atoms with van der Waals surface area (Å²) in [5, 5.41) is 0.865. The van der Waals surface area contributed by atoms with E-state index in [9.17, 15) is 0 Å². The molecule has 1 aromatic rings. The zero-order chi connectivity index (χ0) is 8.27. The maximum Gasteiger partial charge on any atom is 0.0438 e. The summed E-state index contributed by atoms with van der Waals surface area (Å²) in [5.41, 5.74) is 2.47. The molecule has 0 saturated carbocycles. The maximum atomic E-state index is 5.93. The third kappa shape index (κ3) is 1.97. The van der Waals surface area contributed by atoms with E-state index in [0.29, 0.717) is 0 Å². The first-order valence-electron chi connectivity index (χ1n) is 3.84. The lowest BCUT2D eigenvalue weighted by Crippen LogP contribution is -1.86. The molecule has 0 amide bonds. The second-order valence-electron chi connectivity index (χ2n) is 2.53. The van der Waals surface area contributed by atoms with Gasteiger partial charge in [0.25, 0.3) is 0 Å². The summed E-state index contributed by atoms with van der Waals surface area (Å²) < 4.78 is 0. The monoisotopic (exact) mass is 167 g/mol. The van der Waals surface area contributed by atoms with Gasteiger partial charge in [0.05, 0.1) is 0 Å². The van der Waals surface area contributed by atoms with Crippen molar-refractivity contribution in [1.29, 1.82) is 0 Å². The SMILES string of the molecule is [CH2]Cc1ccc(Cl)c(CC)c1. The highest BCUT2D eigenvalue weighted by molar-refractivity contribution is 6.31. The number of benzene rings is 1. The van der Waals surface area contributed by atoms with Gasteiger partial charge in [-0.3, -0.25) is 0 Å². The Balaban J connectivity index is 3.02. The molecule has 11 heavy (non-hydrogen) atoms. The summed E-state index contributed by atoms with van der Waals surface area (Å²) in [6.45, 7) is 5.92. The molecule has 0 bridgehead atoms. The van der Waals surface area contributed by atoms with Crippen molar-refractivity contribution in [3.63, 3.8) is 0 Å². The predicted octanol–water partition coefficient (Wildman–Crippen LogP) is 3.28. The molecule has 0 fully saturated rings. The van der Waals surface area contributed by atoms with Crippen molar-refractivity contribution in [2.75, 3.05) is 0 Å². The quantitative estimate of drug-likeness (QED) is 0.634. The Morgan fingerprint density at radius 2 is 2.18 bits per heavy atom. The lowest BCUT2D eigenvalue weighted by Gasteiger charge is -2.02. The lowest BCUT2D eigenvalue weighted by molar-refractivity contribution is 1.12. The number of halogens is 1. The van der Waals surface area contributed by atoms with Gasteiger partial charge in [0, 0.05) is 5.02 Å². The van der Waals surface area contributed by atoms with E-state index in [1.807, 2.05) is 12.1 Å². The van der Waals surface area contributed by atoms with Crippen molar-refractivity contribution in [3.8, 4) is 0 Å². The molecule has 0 unspecified atom stereocenters. The minimum absolute atomic E-state index is 0.837. The fraction of sp³-hybridized carbons (Fsp3) is 0.300. The van der Waals surface area contributed by atoms with Gasteiger partial charge in [-0.05, 0) is 37.0 Å². The van der Waals surface area contributed by atoms with Crippen LogP contribution in [0.5, 0.6) is 0 Å². The Morgan fingerprint density at radius 3 is 2.73 bits per heavy atom. The highest BCUT2D eigenvalue weighted by atomic mass is 35.5. The first kappa shape index (κ1) is 8.61. The van der Waals surface area contributed by atoms with Crippen LogP contribution >= 0.6 is 11.6 Å². The van der Waals surface area contributed by atoms with Gasteiger partial charge in [0.2, 0.25) is 0 Å². The van der Waals surface area contributed by atoms with Crippen LogP contribution in [0.3, 0.4) is 0 Å². The van der Waals surface area contributed by atoms with Gasteiger partial charge in [0.15, 0.2) is 0 Å². The van der Waals surface area contributed by atoms with Gasteiger partial charge in [-0.25, -0.2) is 0 Å². The largest absolute Gasteiger partial charge is 0.0840 e. The zero-order valence-corrected chi connectivity index (χ0v) is 7.49. The Bertz CT molecular complexity index is 241. The molecule has 0 aliphatic rings. The van der Waals surface area contributed by atoms with Gasteiger partial charge in [-0.1, -0.05) is 30.7 Å². The van der Waals surface area contributed by atoms with E-state index in [1.54, 1.807) is 0 Å². The first-order chi connectivity index (χ1) is 5.27. The fourth-order valence-electron chi connectivity index (χ4n) is 1.05. The molecule has 0 spiro atoms. The number of aryl methyl sites for hydroxylation is 1. The highest BCUT2D eigenvalue weighted by Gasteiger charge is 1.97. The summed E-state index contributed by atoms with van der Waals surface area (Å²) in [6, 6.07) is 6.09. The van der Waals surface area contributed by atoms with Crippen LogP contribution in [0.4, 0.5) is 0 Å². The average Bonchev–Trinajstić information content (AvgIpc) is 2.05. The molecule has 59 valence electrons. The van der Waals surface area contributed by atoms with E-state index in [0.717, 1.165) is 17.9 Å². The van der Waals surface area contributed by atoms with Gasteiger partial charge in [-0.2, -0.15) is 0 Å². The molecular formula is C10H12Cl. The molecule has 0 aliphatic heterocycles. The predicted molar refractivity (Wildman–Crippen MR) is 49.9 cm³/mol. The summed E-state index contributed by atoms with van der Waals surface area (Å²) in [6.07, 6.45) is 1.83. The van der Waals surface area contributed by atoms with Crippen LogP contribution in [0.15, 0.2) is 18.2 Å². The van der Waals surface area contributed by atoms with Crippen LogP contribution in [0, 0.1) is 6.92 Å². The number of rotatable bonds is 2. The molecular weight excluding hydrogens is 156 g/mol. The second kappa shape index (κ2) is 3.77. The van der Waals surface area contributed by atoms with Gasteiger partial charge >= 0.3 is 0 Å². The van der Waals surface area contributed by atoms with E-state index in [1.165, 1.54) is 11.1 Å². The van der Waals surface area contributed by atoms with Crippen molar-refractivity contribution in [2.45, 2.75) is 19.8 Å². The van der Waals surface area contributed by atoms with E-state index >= 15 is 0 Å². The van der Waals surface area contributed by atoms with Crippen LogP contribution < -0.4 is 0 Å². The summed E-state index contributed by atoms with van der Waals surface area (Å²) >= 11 is 5.93. The van der Waals surface area contributed by atoms with Gasteiger partial charge in [0.1, 0.15) is 0 Å². The topological polar surface area (TPSA) is 0 Å². The molecule has 0 nitrogen and oxygen atoms in total. The number of hydrogen-bond donors (Lipinski definition) is 0. The van der Waals surface area contributed by atoms with E-state index in [2.05, 4.69) is 19.9 Å². The summed E-state index contributed by atoms with van der Waals surface area (Å²) in [4.78, 5) is 0. The number of hydrogen-bond acceptors (Lipinski definition) is 0. The minimum atomic E-state index is 0.837. The van der Waals surface area contributed by atoms with E-state index in [-0.39, 0.29) is 0 Å². The Hall–Kier alpha value is -0.490. The molecule has 0 atom stereocenters. The highest BCUT2D eigenvalue weighted by Crippen LogP contribution is 2.17. The van der Waals surface area contributed by atoms with E-state index < -0.39 is 0 Å². The van der Waals surface area contributed by atoms with Crippen LogP contribution in [-0.2, 0) is 12.8 Å². The van der Waals surface area contributed by atoms with Crippen molar-refractivity contribution in [1.82, 2.24) is 0 Å². The van der Waals surface area contributed by atoms with Gasteiger partial charge < -0.3 is 0 Å². The van der Waals surface area contributed by atoms with Crippen molar-refractivity contribution < 1.29 is 0 Å². The Labute approximate surface area is 73.2 Å². The van der Waals surface area contributed by atoms with E-state index in [4.69, 9.17) is 11.6 Å². The lowest BCUT2D eigenvalue weighted by atomic mass is 10.1. The van der Waals surface area contributed by atoms with Crippen LogP contribution in [0.1, 0.15) is 18.1 Å². The Kier molecular flexibility index (Phi) is 2.95. The molecule has 1 rings (SSSR count). The normalized spacial score (nSPS) is 10.1. The second-order valence-corrected chi connectivity index (χ2v) is 2.94. The average molecular weight is 168 g/mol. The van der Waals surface area contributed by atoms with Crippen molar-refractivity contribution in [2.24, 2.45) is 0 Å². The third-order valence-corrected chi connectivity index (χ3v) is 2.15. The van der Waals surface area contributed by atoms with Crippen LogP contribution in [0.2, 0.25) is 5.02 Å². The van der Waals surface area contributed by atoms with Crippen molar-refractivity contribution >= 4 is 11.6 Å². The molecule has 0 heterocycles. The fourth-order valence-corrected chi connectivity index (χ4v) is 1.31. The standard InChI is InChI=1S/C10H12Cl/c1-3-8-5-6-10(11)9(4-2)7-8/h5-7H,1,3-4H2,2H3. The molecule has 1 radical (unpaired) electrons. The Morgan fingerprint density at radius 1 is 1.45 bits per heavy atom. The van der Waals surface area contributed by atoms with Gasteiger partial charge in [-0.15, -0.1) is 0 Å². The first-order valence-corrected chi connectivity index (χ1v) is 4.22.